The molecule has 0 amide bonds. The fourth-order valence-corrected chi connectivity index (χ4v) is 8.23. The number of aliphatic hydroxyl groups excluding tert-OH is 2. The van der Waals surface area contributed by atoms with Crippen molar-refractivity contribution in [2.45, 2.75) is 263 Å². The van der Waals surface area contributed by atoms with Gasteiger partial charge in [-0.2, -0.15) is 0 Å². The van der Waals surface area contributed by atoms with Crippen LogP contribution >= 0.6 is 0 Å². The lowest BCUT2D eigenvalue weighted by Crippen LogP contribution is -2.61. The summed E-state index contributed by atoms with van der Waals surface area (Å²) >= 11 is 0. The summed E-state index contributed by atoms with van der Waals surface area (Å²) in [6.07, 6.45) is 53.8. The first-order chi connectivity index (χ1) is 36.6. The number of unbranched alkanes of at least 4 members (excludes halogenated alkanes) is 18. The van der Waals surface area contributed by atoms with E-state index in [2.05, 4.69) is 118 Å². The van der Waals surface area contributed by atoms with Gasteiger partial charge in [0, 0.05) is 19.3 Å². The van der Waals surface area contributed by atoms with Crippen molar-refractivity contribution in [1.82, 2.24) is 0 Å². The minimum Gasteiger partial charge on any atom is -0.479 e. The Morgan fingerprint density at radius 2 is 0.840 bits per heavy atom. The monoisotopic (exact) mass is 1050 g/mol. The molecular formula is C63H102O12. The number of aliphatic carboxylic acids is 1. The van der Waals surface area contributed by atoms with Gasteiger partial charge in [0.25, 0.3) is 0 Å². The molecule has 0 saturated carbocycles. The van der Waals surface area contributed by atoms with Crippen LogP contribution in [0.25, 0.3) is 0 Å². The van der Waals surface area contributed by atoms with Gasteiger partial charge >= 0.3 is 23.9 Å². The van der Waals surface area contributed by atoms with E-state index in [0.717, 1.165) is 122 Å². The lowest BCUT2D eigenvalue weighted by Gasteiger charge is -2.40. The molecule has 1 heterocycles. The molecule has 1 aliphatic heterocycles. The van der Waals surface area contributed by atoms with Gasteiger partial charge in [-0.25, -0.2) is 4.79 Å². The van der Waals surface area contributed by atoms with E-state index in [1.807, 2.05) is 0 Å². The number of carbonyl (C=O) groups is 4. The highest BCUT2D eigenvalue weighted by atomic mass is 16.7. The van der Waals surface area contributed by atoms with Crippen LogP contribution in [-0.2, 0) is 42.9 Å². The second-order valence-electron chi connectivity index (χ2n) is 19.5. The third-order valence-electron chi connectivity index (χ3n) is 12.7. The largest absolute Gasteiger partial charge is 0.479 e. The number of carboxylic acid groups (broad SMARTS) is 1. The molecule has 1 saturated heterocycles. The highest BCUT2D eigenvalue weighted by molar-refractivity contribution is 5.74. The quantitative estimate of drug-likeness (QED) is 0.0228. The molecule has 426 valence electrons. The fraction of sp³-hybridized carbons (Fsp3) is 0.683. The number of rotatable bonds is 48. The van der Waals surface area contributed by atoms with Gasteiger partial charge in [0.05, 0.1) is 6.61 Å². The highest BCUT2D eigenvalue weighted by Crippen LogP contribution is 2.26. The van der Waals surface area contributed by atoms with Gasteiger partial charge in [-0.05, 0) is 96.3 Å². The first kappa shape index (κ1) is 68.7. The summed E-state index contributed by atoms with van der Waals surface area (Å²) in [5, 5.41) is 31.5. The molecule has 1 aliphatic rings. The van der Waals surface area contributed by atoms with Crippen molar-refractivity contribution in [1.29, 1.82) is 0 Å². The smallest absolute Gasteiger partial charge is 0.335 e. The van der Waals surface area contributed by atoms with Crippen molar-refractivity contribution in [3.63, 3.8) is 0 Å². The SMILES string of the molecule is CC/C=C\C/C=C\C/C=C\C/C=C\CCCCCCC(=O)OCC(COC1OC(C(=O)O)C(O)C(O)C1OC(=O)CCCCCC/C=C\C/C=C\C/C=C\C/C=C\CC)OC(=O)CCCCCCCCCCCCC. The average molecular weight is 1050 g/mol. The lowest BCUT2D eigenvalue weighted by atomic mass is 9.98. The Bertz CT molecular complexity index is 1670. The van der Waals surface area contributed by atoms with Crippen LogP contribution in [0, 0.1) is 0 Å². The molecule has 0 aromatic carbocycles. The molecule has 0 aliphatic carbocycles. The summed E-state index contributed by atoms with van der Waals surface area (Å²) in [5.74, 6) is -3.19. The number of hydrogen-bond acceptors (Lipinski definition) is 11. The zero-order chi connectivity index (χ0) is 54.7. The summed E-state index contributed by atoms with van der Waals surface area (Å²) in [7, 11) is 0. The number of aliphatic hydroxyl groups is 2. The van der Waals surface area contributed by atoms with Crippen molar-refractivity contribution in [2.75, 3.05) is 13.2 Å². The van der Waals surface area contributed by atoms with Crippen LogP contribution in [0.2, 0.25) is 0 Å². The van der Waals surface area contributed by atoms with Crippen molar-refractivity contribution >= 4 is 23.9 Å². The van der Waals surface area contributed by atoms with Crippen LogP contribution in [0.1, 0.15) is 226 Å². The van der Waals surface area contributed by atoms with E-state index in [1.165, 1.54) is 44.9 Å². The Labute approximate surface area is 453 Å². The Hall–Kier alpha value is -4.36. The molecule has 12 nitrogen and oxygen atoms in total. The normalized spacial score (nSPS) is 18.9. The molecule has 6 atom stereocenters. The first-order valence-corrected chi connectivity index (χ1v) is 29.2. The maximum absolute atomic E-state index is 13.1. The van der Waals surface area contributed by atoms with Gasteiger partial charge in [-0.1, -0.05) is 208 Å². The third kappa shape index (κ3) is 40.6. The standard InChI is InChI=1S/C63H102O12/c1-4-7-10-13-16-19-22-24-26-28-30-32-35-37-40-43-46-49-55(64)71-52-54(73-56(65)50-47-44-41-38-34-21-18-15-12-9-6-3)53-72-63-61(59(68)58(67)60(75-63)62(69)70)74-57(66)51-48-45-42-39-36-33-31-29-27-25-23-20-17-14-11-8-5-2/h7-8,10-11,16-17,19-20,24-27,30-33,54,58-61,63,67-68H,4-6,9,12-15,18,21-23,28-29,34-53H2,1-3H3,(H,69,70)/b10-7-,11-8-,19-16-,20-17-,26-24-,27-25-,32-30-,33-31-. The number of carboxylic acids is 1. The van der Waals surface area contributed by atoms with Crippen LogP contribution in [0.15, 0.2) is 97.2 Å². The summed E-state index contributed by atoms with van der Waals surface area (Å²) < 4.78 is 28.4. The molecule has 12 heteroatoms. The van der Waals surface area contributed by atoms with Gasteiger partial charge in [0.15, 0.2) is 24.6 Å². The molecule has 3 N–H and O–H groups in total. The number of ether oxygens (including phenoxy) is 5. The van der Waals surface area contributed by atoms with E-state index in [0.29, 0.717) is 19.3 Å². The van der Waals surface area contributed by atoms with Gasteiger partial charge in [0.2, 0.25) is 0 Å². The molecule has 0 aromatic heterocycles. The third-order valence-corrected chi connectivity index (χ3v) is 12.7. The molecule has 0 radical (unpaired) electrons. The van der Waals surface area contributed by atoms with Gasteiger partial charge < -0.3 is 39.0 Å². The van der Waals surface area contributed by atoms with E-state index in [9.17, 15) is 34.5 Å². The van der Waals surface area contributed by atoms with Crippen molar-refractivity contribution < 1.29 is 58.2 Å². The maximum atomic E-state index is 13.1. The van der Waals surface area contributed by atoms with Crippen molar-refractivity contribution in [3.05, 3.63) is 97.2 Å². The first-order valence-electron chi connectivity index (χ1n) is 29.2. The Morgan fingerprint density at radius 1 is 0.453 bits per heavy atom. The molecule has 1 fully saturated rings. The second kappa shape index (κ2) is 50.5. The minimum atomic E-state index is -1.92. The summed E-state index contributed by atoms with van der Waals surface area (Å²) in [5.41, 5.74) is 0. The van der Waals surface area contributed by atoms with Crippen molar-refractivity contribution in [3.8, 4) is 0 Å². The Kier molecular flexibility index (Phi) is 46.2. The molecule has 0 aromatic rings. The predicted molar refractivity (Wildman–Crippen MR) is 303 cm³/mol. The van der Waals surface area contributed by atoms with Crippen LogP contribution in [-0.4, -0.2) is 89.2 Å². The topological polar surface area (TPSA) is 175 Å². The Morgan fingerprint density at radius 3 is 1.28 bits per heavy atom. The molecular weight excluding hydrogens is 949 g/mol. The minimum absolute atomic E-state index is 0.0267. The second-order valence-corrected chi connectivity index (χ2v) is 19.5. The molecule has 6 unspecified atom stereocenters. The van der Waals surface area contributed by atoms with Gasteiger partial charge in [-0.3, -0.25) is 14.4 Å². The zero-order valence-corrected chi connectivity index (χ0v) is 46.8. The Balaban J connectivity index is 2.71. The molecule has 0 bridgehead atoms. The van der Waals surface area contributed by atoms with Gasteiger partial charge in [-0.15, -0.1) is 0 Å². The number of hydrogen-bond donors (Lipinski definition) is 3. The maximum Gasteiger partial charge on any atom is 0.335 e. The van der Waals surface area contributed by atoms with Crippen LogP contribution in [0.4, 0.5) is 0 Å². The van der Waals surface area contributed by atoms with E-state index < -0.39 is 67.3 Å². The van der Waals surface area contributed by atoms with E-state index in [-0.39, 0.29) is 25.9 Å². The van der Waals surface area contributed by atoms with Crippen LogP contribution in [0.3, 0.4) is 0 Å². The number of allylic oxidation sites excluding steroid dienone is 16. The van der Waals surface area contributed by atoms with E-state index in [4.69, 9.17) is 23.7 Å². The number of carbonyl (C=O) groups excluding carboxylic acids is 3. The van der Waals surface area contributed by atoms with Gasteiger partial charge in [0.1, 0.15) is 18.8 Å². The highest BCUT2D eigenvalue weighted by Gasteiger charge is 2.50. The van der Waals surface area contributed by atoms with Crippen LogP contribution < -0.4 is 0 Å². The summed E-state index contributed by atoms with van der Waals surface area (Å²) in [6, 6.07) is 0. The fourth-order valence-electron chi connectivity index (χ4n) is 8.23. The zero-order valence-electron chi connectivity index (χ0n) is 46.8. The summed E-state index contributed by atoms with van der Waals surface area (Å²) in [6.45, 7) is 5.72. The van der Waals surface area contributed by atoms with Crippen LogP contribution in [0.5, 0.6) is 0 Å². The number of esters is 3. The predicted octanol–water partition coefficient (Wildman–Crippen LogP) is 14.9. The summed E-state index contributed by atoms with van der Waals surface area (Å²) in [4.78, 5) is 51.1. The van der Waals surface area contributed by atoms with Crippen molar-refractivity contribution in [2.24, 2.45) is 0 Å². The molecule has 75 heavy (non-hydrogen) atoms. The molecule has 0 spiro atoms. The average Bonchev–Trinajstić information content (AvgIpc) is 3.39. The van der Waals surface area contributed by atoms with E-state index in [1.54, 1.807) is 0 Å². The van der Waals surface area contributed by atoms with E-state index >= 15 is 0 Å². The lowest BCUT2D eigenvalue weighted by molar-refractivity contribution is -0.301. The molecule has 1 rings (SSSR count).